The minimum Gasteiger partial charge on any atom is -0.340 e. The van der Waals surface area contributed by atoms with Gasteiger partial charge in [0.2, 0.25) is 5.95 Å². The summed E-state index contributed by atoms with van der Waals surface area (Å²) in [5.41, 5.74) is 2.11. The van der Waals surface area contributed by atoms with Gasteiger partial charge in [0.25, 0.3) is 0 Å². The van der Waals surface area contributed by atoms with Gasteiger partial charge in [-0.15, -0.1) is 0 Å². The van der Waals surface area contributed by atoms with Crippen molar-refractivity contribution >= 4 is 34.7 Å². The van der Waals surface area contributed by atoms with Crippen LogP contribution in [0.5, 0.6) is 0 Å². The van der Waals surface area contributed by atoms with Gasteiger partial charge in [0.1, 0.15) is 23.1 Å². The highest BCUT2D eigenvalue weighted by atomic mass is 35.5. The molecule has 1 aromatic heterocycles. The van der Waals surface area contributed by atoms with Crippen LogP contribution in [0.3, 0.4) is 0 Å². The molecule has 0 unspecified atom stereocenters. The maximum absolute atomic E-state index is 13.8. The van der Waals surface area contributed by atoms with Crippen molar-refractivity contribution in [2.24, 2.45) is 0 Å². The first-order valence-corrected chi connectivity index (χ1v) is 7.90. The van der Waals surface area contributed by atoms with Crippen LogP contribution < -0.4 is 10.6 Å². The third-order valence-electron chi connectivity index (χ3n) is 3.52. The number of nitrogens with zero attached hydrogens (tertiary/aromatic N) is 2. The van der Waals surface area contributed by atoms with Crippen LogP contribution in [0.2, 0.25) is 5.02 Å². The number of aromatic nitrogens is 2. The van der Waals surface area contributed by atoms with E-state index in [0.717, 1.165) is 23.4 Å². The van der Waals surface area contributed by atoms with Gasteiger partial charge >= 0.3 is 0 Å². The fourth-order valence-electron chi connectivity index (χ4n) is 2.28. The molecule has 3 aromatic rings. The van der Waals surface area contributed by atoms with Crippen molar-refractivity contribution in [1.29, 1.82) is 0 Å². The number of benzene rings is 2. The van der Waals surface area contributed by atoms with E-state index in [1.54, 1.807) is 25.1 Å². The van der Waals surface area contributed by atoms with Crippen molar-refractivity contribution in [2.75, 3.05) is 10.6 Å². The highest BCUT2D eigenvalue weighted by Gasteiger charge is 2.11. The summed E-state index contributed by atoms with van der Waals surface area (Å²) < 4.78 is 27.6. The summed E-state index contributed by atoms with van der Waals surface area (Å²) in [6, 6.07) is 10.8. The van der Waals surface area contributed by atoms with Crippen LogP contribution in [-0.4, -0.2) is 9.97 Å². The van der Waals surface area contributed by atoms with Crippen LogP contribution in [0, 0.1) is 25.5 Å². The number of halogens is 3. The van der Waals surface area contributed by atoms with E-state index in [1.807, 2.05) is 13.0 Å². The molecule has 0 aliphatic carbocycles. The van der Waals surface area contributed by atoms with Crippen LogP contribution in [0.15, 0.2) is 42.5 Å². The molecule has 128 valence electrons. The van der Waals surface area contributed by atoms with Crippen molar-refractivity contribution in [2.45, 2.75) is 13.8 Å². The Kier molecular flexibility index (Phi) is 4.81. The summed E-state index contributed by atoms with van der Waals surface area (Å²) in [6.45, 7) is 3.70. The molecule has 2 aromatic carbocycles. The number of hydrogen-bond donors (Lipinski definition) is 2. The second-order valence-corrected chi connectivity index (χ2v) is 5.96. The van der Waals surface area contributed by atoms with Crippen molar-refractivity contribution in [1.82, 2.24) is 9.97 Å². The smallest absolute Gasteiger partial charge is 0.229 e. The Morgan fingerprint density at radius 1 is 0.920 bits per heavy atom. The Balaban J connectivity index is 1.92. The Morgan fingerprint density at radius 3 is 2.36 bits per heavy atom. The lowest BCUT2D eigenvalue weighted by Gasteiger charge is -2.12. The standard InChI is InChI=1S/C18H15ClF2N4/c1-10-6-7-12(19)9-15(10)23-16-8-11(2)22-18(24-16)25-17-13(20)4-3-5-14(17)21/h3-9H,1-2H3,(H2,22,23,24,25). The zero-order valence-corrected chi connectivity index (χ0v) is 14.3. The van der Waals surface area contributed by atoms with E-state index in [0.29, 0.717) is 16.5 Å². The Morgan fingerprint density at radius 2 is 1.64 bits per heavy atom. The minimum absolute atomic E-state index is 0.0891. The summed E-state index contributed by atoms with van der Waals surface area (Å²) in [5.74, 6) is -0.862. The minimum atomic E-state index is -0.717. The van der Waals surface area contributed by atoms with Crippen molar-refractivity contribution in [3.63, 3.8) is 0 Å². The molecule has 0 amide bonds. The molecule has 25 heavy (non-hydrogen) atoms. The van der Waals surface area contributed by atoms with E-state index in [2.05, 4.69) is 20.6 Å². The van der Waals surface area contributed by atoms with Gasteiger partial charge in [-0.25, -0.2) is 13.8 Å². The average molecular weight is 361 g/mol. The molecule has 1 heterocycles. The van der Waals surface area contributed by atoms with Crippen molar-refractivity contribution in [3.8, 4) is 0 Å². The molecular formula is C18H15ClF2N4. The Bertz CT molecular complexity index is 911. The Labute approximate surface area is 148 Å². The molecule has 0 aliphatic heterocycles. The Hall–Kier alpha value is -2.73. The lowest BCUT2D eigenvalue weighted by atomic mass is 10.2. The predicted molar refractivity (Wildman–Crippen MR) is 95.9 cm³/mol. The molecule has 7 heteroatoms. The van der Waals surface area contributed by atoms with Gasteiger partial charge in [0.15, 0.2) is 0 Å². The summed E-state index contributed by atoms with van der Waals surface area (Å²) >= 11 is 6.02. The number of nitrogens with one attached hydrogen (secondary N) is 2. The van der Waals surface area contributed by atoms with Crippen LogP contribution in [-0.2, 0) is 0 Å². The highest BCUT2D eigenvalue weighted by molar-refractivity contribution is 6.30. The zero-order valence-electron chi connectivity index (χ0n) is 13.6. The molecular weight excluding hydrogens is 346 g/mol. The van der Waals surface area contributed by atoms with Gasteiger partial charge in [0.05, 0.1) is 0 Å². The molecule has 0 bridgehead atoms. The third kappa shape index (κ3) is 4.03. The summed E-state index contributed by atoms with van der Waals surface area (Å²) in [6.07, 6.45) is 0. The van der Waals surface area contributed by atoms with E-state index >= 15 is 0 Å². The zero-order chi connectivity index (χ0) is 18.0. The molecule has 0 spiro atoms. The van der Waals surface area contributed by atoms with E-state index in [9.17, 15) is 8.78 Å². The highest BCUT2D eigenvalue weighted by Crippen LogP contribution is 2.26. The number of hydrogen-bond acceptors (Lipinski definition) is 4. The predicted octanol–water partition coefficient (Wildman–Crippen LogP) is 5.51. The van der Waals surface area contributed by atoms with E-state index < -0.39 is 11.6 Å². The molecule has 0 saturated heterocycles. The molecule has 4 nitrogen and oxygen atoms in total. The van der Waals surface area contributed by atoms with Gasteiger partial charge in [0, 0.05) is 22.5 Å². The number of para-hydroxylation sites is 1. The molecule has 2 N–H and O–H groups in total. The molecule has 0 atom stereocenters. The maximum Gasteiger partial charge on any atom is 0.229 e. The molecule has 0 fully saturated rings. The van der Waals surface area contributed by atoms with Gasteiger partial charge in [-0.05, 0) is 43.7 Å². The van der Waals surface area contributed by atoms with Gasteiger partial charge < -0.3 is 10.6 Å². The fraction of sp³-hybridized carbons (Fsp3) is 0.111. The summed E-state index contributed by atoms with van der Waals surface area (Å²) in [7, 11) is 0. The van der Waals surface area contributed by atoms with Crippen molar-refractivity contribution in [3.05, 3.63) is 70.4 Å². The second kappa shape index (κ2) is 7.03. The monoisotopic (exact) mass is 360 g/mol. The van der Waals surface area contributed by atoms with Gasteiger partial charge in [-0.2, -0.15) is 4.98 Å². The number of anilines is 4. The lowest BCUT2D eigenvalue weighted by molar-refractivity contribution is 0.590. The topological polar surface area (TPSA) is 49.8 Å². The first kappa shape index (κ1) is 17.1. The van der Waals surface area contributed by atoms with E-state index in [-0.39, 0.29) is 11.6 Å². The van der Waals surface area contributed by atoms with Gasteiger partial charge in [-0.3, -0.25) is 0 Å². The largest absolute Gasteiger partial charge is 0.340 e. The van der Waals surface area contributed by atoms with Crippen LogP contribution in [0.25, 0.3) is 0 Å². The van der Waals surface area contributed by atoms with Crippen LogP contribution in [0.4, 0.5) is 31.9 Å². The summed E-state index contributed by atoms with van der Waals surface area (Å²) in [4.78, 5) is 8.44. The molecule has 3 rings (SSSR count). The third-order valence-corrected chi connectivity index (χ3v) is 3.75. The second-order valence-electron chi connectivity index (χ2n) is 5.52. The fourth-order valence-corrected chi connectivity index (χ4v) is 2.46. The molecule has 0 radical (unpaired) electrons. The maximum atomic E-state index is 13.8. The average Bonchev–Trinajstić information content (AvgIpc) is 2.54. The van der Waals surface area contributed by atoms with E-state index in [1.165, 1.54) is 6.07 Å². The normalized spacial score (nSPS) is 10.6. The van der Waals surface area contributed by atoms with Crippen LogP contribution >= 0.6 is 11.6 Å². The lowest BCUT2D eigenvalue weighted by Crippen LogP contribution is -2.05. The molecule has 0 aliphatic rings. The quantitative estimate of drug-likeness (QED) is 0.644. The number of rotatable bonds is 4. The number of aryl methyl sites for hydroxylation is 2. The summed E-state index contributed by atoms with van der Waals surface area (Å²) in [5, 5.41) is 6.33. The van der Waals surface area contributed by atoms with Gasteiger partial charge in [-0.1, -0.05) is 23.7 Å². The SMILES string of the molecule is Cc1cc(Nc2cc(Cl)ccc2C)nc(Nc2c(F)cccc2F)n1. The first-order chi connectivity index (χ1) is 11.9. The first-order valence-electron chi connectivity index (χ1n) is 7.52. The van der Waals surface area contributed by atoms with Crippen LogP contribution in [0.1, 0.15) is 11.3 Å². The molecule has 0 saturated carbocycles. The van der Waals surface area contributed by atoms with E-state index in [4.69, 9.17) is 11.6 Å². The van der Waals surface area contributed by atoms with Crippen molar-refractivity contribution < 1.29 is 8.78 Å².